The zero-order valence-corrected chi connectivity index (χ0v) is 16.0. The number of benzene rings is 2. The largest absolute Gasteiger partial charge is 0.457 e. The Hall–Kier alpha value is -2.87. The smallest absolute Gasteiger partial charge is 0.339 e. The van der Waals surface area contributed by atoms with Gasteiger partial charge < -0.3 is 9.64 Å². The lowest BCUT2D eigenvalue weighted by Gasteiger charge is -2.15. The SMILES string of the molecule is O=C(OCc1cccc([N+](=O)[O-])c1)c1ccccc1SCC(=O)N1CCCC1. The van der Waals surface area contributed by atoms with Gasteiger partial charge in [-0.3, -0.25) is 14.9 Å². The van der Waals surface area contributed by atoms with Crippen LogP contribution in [0.1, 0.15) is 28.8 Å². The second-order valence-corrected chi connectivity index (χ2v) is 7.39. The molecular weight excluding hydrogens is 380 g/mol. The van der Waals surface area contributed by atoms with Gasteiger partial charge in [-0.1, -0.05) is 24.3 Å². The molecule has 3 rings (SSSR count). The van der Waals surface area contributed by atoms with Crippen molar-refractivity contribution in [3.8, 4) is 0 Å². The molecule has 1 saturated heterocycles. The lowest BCUT2D eigenvalue weighted by atomic mass is 10.2. The van der Waals surface area contributed by atoms with Crippen LogP contribution in [0.2, 0.25) is 0 Å². The van der Waals surface area contributed by atoms with Crippen LogP contribution in [0.5, 0.6) is 0 Å². The van der Waals surface area contributed by atoms with Gasteiger partial charge in [-0.25, -0.2) is 4.79 Å². The number of thioether (sulfide) groups is 1. The minimum absolute atomic E-state index is 0.0510. The minimum Gasteiger partial charge on any atom is -0.457 e. The molecule has 0 bridgehead atoms. The molecule has 7 nitrogen and oxygen atoms in total. The number of esters is 1. The van der Waals surface area contributed by atoms with Crippen LogP contribution in [0.3, 0.4) is 0 Å². The maximum Gasteiger partial charge on any atom is 0.339 e. The number of hydrogen-bond donors (Lipinski definition) is 0. The van der Waals surface area contributed by atoms with Gasteiger partial charge in [-0.2, -0.15) is 0 Å². The molecule has 2 aromatic rings. The molecule has 0 atom stereocenters. The van der Waals surface area contributed by atoms with E-state index in [-0.39, 0.29) is 24.0 Å². The highest BCUT2D eigenvalue weighted by Gasteiger charge is 2.19. The molecule has 0 aliphatic carbocycles. The lowest BCUT2D eigenvalue weighted by molar-refractivity contribution is -0.384. The van der Waals surface area contributed by atoms with Gasteiger partial charge in [0.1, 0.15) is 6.61 Å². The number of nitro groups is 1. The maximum atomic E-state index is 12.5. The van der Waals surface area contributed by atoms with Crippen LogP contribution in [-0.4, -0.2) is 40.5 Å². The van der Waals surface area contributed by atoms with E-state index in [0.29, 0.717) is 16.0 Å². The Morgan fingerprint density at radius 2 is 1.86 bits per heavy atom. The quantitative estimate of drug-likeness (QED) is 0.305. The van der Waals surface area contributed by atoms with E-state index in [1.54, 1.807) is 36.4 Å². The van der Waals surface area contributed by atoms with E-state index >= 15 is 0 Å². The Morgan fingerprint density at radius 3 is 2.61 bits per heavy atom. The van der Waals surface area contributed by atoms with E-state index in [1.165, 1.54) is 23.9 Å². The van der Waals surface area contributed by atoms with Gasteiger partial charge in [0.15, 0.2) is 0 Å². The van der Waals surface area contributed by atoms with E-state index in [4.69, 9.17) is 4.74 Å². The molecule has 1 aliphatic rings. The van der Waals surface area contributed by atoms with Crippen molar-refractivity contribution in [2.45, 2.75) is 24.3 Å². The second kappa shape index (κ2) is 9.36. The predicted molar refractivity (Wildman–Crippen MR) is 105 cm³/mol. The summed E-state index contributed by atoms with van der Waals surface area (Å²) in [7, 11) is 0. The number of carbonyl (C=O) groups is 2. The Kier molecular flexibility index (Phi) is 6.65. The number of ether oxygens (including phenoxy) is 1. The topological polar surface area (TPSA) is 89.7 Å². The van der Waals surface area contributed by atoms with Gasteiger partial charge in [0, 0.05) is 30.1 Å². The molecule has 0 N–H and O–H groups in total. The van der Waals surface area contributed by atoms with Gasteiger partial charge >= 0.3 is 5.97 Å². The number of likely N-dealkylation sites (tertiary alicyclic amines) is 1. The summed E-state index contributed by atoms with van der Waals surface area (Å²) < 4.78 is 5.33. The van der Waals surface area contributed by atoms with E-state index in [2.05, 4.69) is 0 Å². The van der Waals surface area contributed by atoms with Gasteiger partial charge in [0.05, 0.1) is 16.2 Å². The summed E-state index contributed by atoms with van der Waals surface area (Å²) in [5, 5.41) is 10.8. The van der Waals surface area contributed by atoms with Gasteiger partial charge in [0.2, 0.25) is 5.91 Å². The van der Waals surface area contributed by atoms with Crippen molar-refractivity contribution in [1.29, 1.82) is 0 Å². The van der Waals surface area contributed by atoms with Crippen molar-refractivity contribution in [2.24, 2.45) is 0 Å². The number of amides is 1. The molecule has 1 heterocycles. The van der Waals surface area contributed by atoms with Crippen molar-refractivity contribution >= 4 is 29.3 Å². The minimum atomic E-state index is -0.525. The van der Waals surface area contributed by atoms with Crippen molar-refractivity contribution in [2.75, 3.05) is 18.8 Å². The maximum absolute atomic E-state index is 12.5. The van der Waals surface area contributed by atoms with Crippen molar-refractivity contribution < 1.29 is 19.2 Å². The van der Waals surface area contributed by atoms with Crippen LogP contribution in [-0.2, 0) is 16.1 Å². The third kappa shape index (κ3) is 5.10. The summed E-state index contributed by atoms with van der Waals surface area (Å²) >= 11 is 1.32. The van der Waals surface area contributed by atoms with Crippen molar-refractivity contribution in [1.82, 2.24) is 4.90 Å². The summed E-state index contributed by atoms with van der Waals surface area (Å²) in [4.78, 5) is 37.6. The number of rotatable bonds is 7. The lowest BCUT2D eigenvalue weighted by Crippen LogP contribution is -2.29. The zero-order valence-electron chi connectivity index (χ0n) is 15.2. The fourth-order valence-electron chi connectivity index (χ4n) is 2.94. The Balaban J connectivity index is 1.61. The second-order valence-electron chi connectivity index (χ2n) is 6.38. The first-order chi connectivity index (χ1) is 13.5. The predicted octanol–water partition coefficient (Wildman–Crippen LogP) is 3.67. The molecule has 1 fully saturated rings. The molecule has 2 aromatic carbocycles. The van der Waals surface area contributed by atoms with Crippen molar-refractivity contribution in [3.05, 3.63) is 69.8 Å². The summed E-state index contributed by atoms with van der Waals surface area (Å²) in [5.41, 5.74) is 0.869. The van der Waals surface area contributed by atoms with Crippen molar-refractivity contribution in [3.63, 3.8) is 0 Å². The normalized spacial score (nSPS) is 13.4. The highest BCUT2D eigenvalue weighted by atomic mass is 32.2. The standard InChI is InChI=1S/C20H20N2O5S/c23-19(21-10-3-4-11-21)14-28-18-9-2-1-8-17(18)20(24)27-13-15-6-5-7-16(12-15)22(25)26/h1-2,5-9,12H,3-4,10-11,13-14H2. The summed E-state index contributed by atoms with van der Waals surface area (Å²) in [5.74, 6) is -0.180. The van der Waals surface area contributed by atoms with E-state index < -0.39 is 10.9 Å². The molecule has 0 radical (unpaired) electrons. The van der Waals surface area contributed by atoms with Crippen LogP contribution in [0.25, 0.3) is 0 Å². The van der Waals surface area contributed by atoms with Crippen LogP contribution in [0.15, 0.2) is 53.4 Å². The molecule has 8 heteroatoms. The third-order valence-corrected chi connectivity index (χ3v) is 5.47. The third-order valence-electron chi connectivity index (χ3n) is 4.41. The number of nitrogens with zero attached hydrogens (tertiary/aromatic N) is 2. The average molecular weight is 400 g/mol. The van der Waals surface area contributed by atoms with E-state index in [0.717, 1.165) is 25.9 Å². The molecule has 0 spiro atoms. The highest BCUT2D eigenvalue weighted by Crippen LogP contribution is 2.25. The molecule has 0 unspecified atom stereocenters. The zero-order chi connectivity index (χ0) is 19.9. The first kappa shape index (κ1) is 19.9. The molecule has 1 aliphatic heterocycles. The number of nitro benzene ring substituents is 1. The van der Waals surface area contributed by atoms with Crippen LogP contribution < -0.4 is 0 Å². The fourth-order valence-corrected chi connectivity index (χ4v) is 3.89. The fraction of sp³-hybridized carbons (Fsp3) is 0.300. The first-order valence-electron chi connectivity index (χ1n) is 8.94. The number of carbonyl (C=O) groups excluding carboxylic acids is 2. The highest BCUT2D eigenvalue weighted by molar-refractivity contribution is 8.00. The molecule has 0 saturated carbocycles. The van der Waals surface area contributed by atoms with E-state index in [9.17, 15) is 19.7 Å². The number of hydrogen-bond acceptors (Lipinski definition) is 6. The van der Waals surface area contributed by atoms with Crippen LogP contribution in [0.4, 0.5) is 5.69 Å². The number of non-ortho nitro benzene ring substituents is 1. The molecule has 28 heavy (non-hydrogen) atoms. The molecular formula is C20H20N2O5S. The molecule has 146 valence electrons. The summed E-state index contributed by atoms with van der Waals surface area (Å²) in [6.45, 7) is 1.53. The molecule has 1 amide bonds. The average Bonchev–Trinajstić information content (AvgIpc) is 3.25. The van der Waals surface area contributed by atoms with Crippen LogP contribution >= 0.6 is 11.8 Å². The van der Waals surface area contributed by atoms with Crippen LogP contribution in [0, 0.1) is 10.1 Å². The molecule has 0 aromatic heterocycles. The summed E-state index contributed by atoms with van der Waals surface area (Å²) in [6.07, 6.45) is 2.08. The summed E-state index contributed by atoms with van der Waals surface area (Å²) in [6, 6.07) is 12.9. The van der Waals surface area contributed by atoms with E-state index in [1.807, 2.05) is 4.90 Å². The Morgan fingerprint density at radius 1 is 1.11 bits per heavy atom. The van der Waals surface area contributed by atoms with Gasteiger partial charge in [0.25, 0.3) is 5.69 Å². The monoisotopic (exact) mass is 400 g/mol. The van der Waals surface area contributed by atoms with Gasteiger partial charge in [-0.05, 0) is 30.5 Å². The Bertz CT molecular complexity index is 880. The Labute approximate surface area is 166 Å². The van der Waals surface area contributed by atoms with Gasteiger partial charge in [-0.15, -0.1) is 11.8 Å². The first-order valence-corrected chi connectivity index (χ1v) is 9.93.